The lowest BCUT2D eigenvalue weighted by Gasteiger charge is -2.14. The number of carbonyl (C=O) groups excluding carboxylic acids is 1. The van der Waals surface area contributed by atoms with E-state index in [1.165, 1.54) is 0 Å². The maximum atomic E-state index is 11.5. The summed E-state index contributed by atoms with van der Waals surface area (Å²) in [5.74, 6) is 0.0664. The number of aliphatic hydroxyl groups is 1. The number of allylic oxidation sites excluding steroid dienone is 1. The van der Waals surface area contributed by atoms with Crippen LogP contribution in [0.3, 0.4) is 0 Å². The minimum absolute atomic E-state index is 0.0160. The molecule has 0 bridgehead atoms. The lowest BCUT2D eigenvalue weighted by Crippen LogP contribution is -2.28. The van der Waals surface area contributed by atoms with Crippen molar-refractivity contribution in [3.8, 4) is 0 Å². The zero-order valence-electron chi connectivity index (χ0n) is 10.2. The molecule has 0 unspecified atom stereocenters. The van der Waals surface area contributed by atoms with Crippen molar-refractivity contribution >= 4 is 12.0 Å². The number of likely N-dealkylation sites (N-methyl/N-ethyl adjacent to an activating group) is 1. The number of hydrogen-bond donors (Lipinski definition) is 1. The molecule has 0 aliphatic carbocycles. The molecule has 0 aromatic heterocycles. The van der Waals surface area contributed by atoms with E-state index < -0.39 is 0 Å². The molecule has 0 saturated carbocycles. The van der Waals surface area contributed by atoms with E-state index in [-0.39, 0.29) is 12.5 Å². The lowest BCUT2D eigenvalue weighted by molar-refractivity contribution is -0.130. The highest BCUT2D eigenvalue weighted by atomic mass is 16.3. The number of amides is 1. The summed E-state index contributed by atoms with van der Waals surface area (Å²) in [7, 11) is 1.71. The van der Waals surface area contributed by atoms with Gasteiger partial charge in [-0.15, -0.1) is 0 Å². The summed E-state index contributed by atoms with van der Waals surface area (Å²) in [5.41, 5.74) is 1.14. The topological polar surface area (TPSA) is 40.5 Å². The van der Waals surface area contributed by atoms with Gasteiger partial charge in [-0.2, -0.15) is 0 Å². The Morgan fingerprint density at radius 3 is 2.71 bits per heavy atom. The fraction of sp³-hybridized carbons (Fsp3) is 0.357. The van der Waals surface area contributed by atoms with E-state index in [2.05, 4.69) is 0 Å². The van der Waals surface area contributed by atoms with E-state index in [1.807, 2.05) is 42.5 Å². The molecule has 1 amide bonds. The van der Waals surface area contributed by atoms with Crippen LogP contribution in [-0.2, 0) is 4.79 Å². The van der Waals surface area contributed by atoms with Gasteiger partial charge in [0.25, 0.3) is 0 Å². The molecule has 1 aromatic rings. The normalized spacial score (nSPS) is 10.7. The molecular formula is C14H19NO2. The zero-order chi connectivity index (χ0) is 12.5. The first kappa shape index (κ1) is 13.5. The third-order valence-electron chi connectivity index (χ3n) is 2.50. The van der Waals surface area contributed by atoms with Crippen LogP contribution >= 0.6 is 0 Å². The smallest absolute Gasteiger partial charge is 0.222 e. The van der Waals surface area contributed by atoms with Crippen LogP contribution in [0.4, 0.5) is 0 Å². The van der Waals surface area contributed by atoms with Gasteiger partial charge >= 0.3 is 0 Å². The van der Waals surface area contributed by atoms with Crippen molar-refractivity contribution < 1.29 is 9.90 Å². The molecule has 0 aliphatic rings. The lowest BCUT2D eigenvalue weighted by atomic mass is 10.2. The number of rotatable bonds is 6. The monoisotopic (exact) mass is 233 g/mol. The molecular weight excluding hydrogens is 214 g/mol. The van der Waals surface area contributed by atoms with Gasteiger partial charge in [0.2, 0.25) is 5.91 Å². The molecule has 0 saturated heterocycles. The Balaban J connectivity index is 2.28. The summed E-state index contributed by atoms with van der Waals surface area (Å²) in [4.78, 5) is 13.1. The molecule has 0 aliphatic heterocycles. The summed E-state index contributed by atoms with van der Waals surface area (Å²) in [6.07, 6.45) is 5.22. The predicted molar refractivity (Wildman–Crippen MR) is 69.4 cm³/mol. The first-order valence-electron chi connectivity index (χ1n) is 5.80. The van der Waals surface area contributed by atoms with Crippen molar-refractivity contribution in [2.75, 3.05) is 20.2 Å². The first-order chi connectivity index (χ1) is 8.24. The fourth-order valence-corrected chi connectivity index (χ4v) is 1.46. The number of benzene rings is 1. The average Bonchev–Trinajstić information content (AvgIpc) is 2.36. The third-order valence-corrected chi connectivity index (χ3v) is 2.50. The van der Waals surface area contributed by atoms with Crippen molar-refractivity contribution in [1.29, 1.82) is 0 Å². The Morgan fingerprint density at radius 1 is 1.35 bits per heavy atom. The zero-order valence-corrected chi connectivity index (χ0v) is 10.2. The van der Waals surface area contributed by atoms with Crippen molar-refractivity contribution in [3.63, 3.8) is 0 Å². The molecule has 17 heavy (non-hydrogen) atoms. The molecule has 1 N–H and O–H groups in total. The summed E-state index contributed by atoms with van der Waals surface area (Å²) >= 11 is 0. The second-order valence-electron chi connectivity index (χ2n) is 3.89. The third kappa shape index (κ3) is 5.31. The quantitative estimate of drug-likeness (QED) is 0.815. The maximum Gasteiger partial charge on any atom is 0.222 e. The molecule has 3 heteroatoms. The van der Waals surface area contributed by atoms with E-state index in [1.54, 1.807) is 11.9 Å². The highest BCUT2D eigenvalue weighted by Gasteiger charge is 2.05. The molecule has 0 radical (unpaired) electrons. The molecule has 0 atom stereocenters. The molecule has 0 heterocycles. The second kappa shape index (κ2) is 7.63. The summed E-state index contributed by atoms with van der Waals surface area (Å²) in [6, 6.07) is 10.00. The minimum Gasteiger partial charge on any atom is -0.395 e. The molecule has 0 spiro atoms. The van der Waals surface area contributed by atoms with E-state index >= 15 is 0 Å². The van der Waals surface area contributed by atoms with Crippen molar-refractivity contribution in [1.82, 2.24) is 4.90 Å². The van der Waals surface area contributed by atoms with E-state index in [4.69, 9.17) is 5.11 Å². The van der Waals surface area contributed by atoms with Crippen LogP contribution in [0.2, 0.25) is 0 Å². The predicted octanol–water partition coefficient (Wildman–Crippen LogP) is 1.93. The van der Waals surface area contributed by atoms with Gasteiger partial charge in [0.1, 0.15) is 0 Å². The molecule has 1 aromatic carbocycles. The largest absolute Gasteiger partial charge is 0.395 e. The fourth-order valence-electron chi connectivity index (χ4n) is 1.46. The molecule has 3 nitrogen and oxygen atoms in total. The number of hydrogen-bond acceptors (Lipinski definition) is 2. The molecule has 92 valence electrons. The highest BCUT2D eigenvalue weighted by Crippen LogP contribution is 2.03. The average molecular weight is 233 g/mol. The van der Waals surface area contributed by atoms with Crippen LogP contribution in [0.15, 0.2) is 36.4 Å². The second-order valence-corrected chi connectivity index (χ2v) is 3.89. The Bertz CT molecular complexity index is 360. The number of nitrogens with zero attached hydrogens (tertiary/aromatic N) is 1. The van der Waals surface area contributed by atoms with Gasteiger partial charge in [-0.25, -0.2) is 0 Å². The Morgan fingerprint density at radius 2 is 2.06 bits per heavy atom. The summed E-state index contributed by atoms with van der Waals surface area (Å²) in [6.45, 7) is 0.420. The SMILES string of the molecule is CN(CCO)C(=O)CC/C=C/c1ccccc1. The summed E-state index contributed by atoms with van der Waals surface area (Å²) in [5, 5.41) is 8.70. The van der Waals surface area contributed by atoms with Crippen LogP contribution in [0.1, 0.15) is 18.4 Å². The maximum absolute atomic E-state index is 11.5. The van der Waals surface area contributed by atoms with Gasteiger partial charge < -0.3 is 10.0 Å². The van der Waals surface area contributed by atoms with Crippen LogP contribution in [0.25, 0.3) is 6.08 Å². The van der Waals surface area contributed by atoms with Gasteiger partial charge in [0, 0.05) is 20.0 Å². The van der Waals surface area contributed by atoms with Gasteiger partial charge in [0.15, 0.2) is 0 Å². The van der Waals surface area contributed by atoms with Gasteiger partial charge in [-0.1, -0.05) is 42.5 Å². The molecule has 1 rings (SSSR count). The van der Waals surface area contributed by atoms with E-state index in [0.29, 0.717) is 13.0 Å². The minimum atomic E-state index is 0.0160. The van der Waals surface area contributed by atoms with Crippen LogP contribution in [0, 0.1) is 0 Å². The van der Waals surface area contributed by atoms with Crippen LogP contribution in [-0.4, -0.2) is 36.1 Å². The van der Waals surface area contributed by atoms with Gasteiger partial charge in [-0.05, 0) is 12.0 Å². The number of carbonyl (C=O) groups is 1. The Hall–Kier alpha value is -1.61. The van der Waals surface area contributed by atoms with E-state index in [9.17, 15) is 4.79 Å². The number of aliphatic hydroxyl groups excluding tert-OH is 1. The van der Waals surface area contributed by atoms with Crippen LogP contribution in [0.5, 0.6) is 0 Å². The van der Waals surface area contributed by atoms with Gasteiger partial charge in [-0.3, -0.25) is 4.79 Å². The van der Waals surface area contributed by atoms with Crippen LogP contribution < -0.4 is 0 Å². The van der Waals surface area contributed by atoms with Crippen molar-refractivity contribution in [2.24, 2.45) is 0 Å². The highest BCUT2D eigenvalue weighted by molar-refractivity contribution is 5.76. The summed E-state index contributed by atoms with van der Waals surface area (Å²) < 4.78 is 0. The van der Waals surface area contributed by atoms with E-state index in [0.717, 1.165) is 12.0 Å². The van der Waals surface area contributed by atoms with Crippen molar-refractivity contribution in [3.05, 3.63) is 42.0 Å². The Kier molecular flexibility index (Phi) is 6.04. The van der Waals surface area contributed by atoms with Crippen molar-refractivity contribution in [2.45, 2.75) is 12.8 Å². The van der Waals surface area contributed by atoms with Gasteiger partial charge in [0.05, 0.1) is 6.61 Å². The molecule has 0 fully saturated rings. The first-order valence-corrected chi connectivity index (χ1v) is 5.80. The Labute approximate surface area is 102 Å². The standard InChI is InChI=1S/C14H19NO2/c1-15(11-12-16)14(17)10-6-5-9-13-7-3-2-4-8-13/h2-5,7-9,16H,6,10-12H2,1H3/b9-5+.